The van der Waals surface area contributed by atoms with E-state index in [-0.39, 0.29) is 31.1 Å². The number of ether oxygens (including phenoxy) is 3. The highest BCUT2D eigenvalue weighted by Gasteiger charge is 2.19. The van der Waals surface area contributed by atoms with Gasteiger partial charge in [0.15, 0.2) is 6.10 Å². The maximum atomic E-state index is 12.9. The minimum absolute atomic E-state index is 0.0803. The Morgan fingerprint density at radius 3 is 0.795 bits per heavy atom. The summed E-state index contributed by atoms with van der Waals surface area (Å²) in [5.41, 5.74) is 0. The molecule has 0 aromatic carbocycles. The van der Waals surface area contributed by atoms with Gasteiger partial charge in [0, 0.05) is 19.3 Å². The maximum Gasteiger partial charge on any atom is 0.306 e. The van der Waals surface area contributed by atoms with E-state index in [0.717, 1.165) is 109 Å². The first kappa shape index (κ1) is 75.1. The van der Waals surface area contributed by atoms with E-state index in [9.17, 15) is 14.4 Å². The minimum Gasteiger partial charge on any atom is -0.462 e. The van der Waals surface area contributed by atoms with Crippen LogP contribution in [0.3, 0.4) is 0 Å². The molecule has 78 heavy (non-hydrogen) atoms. The standard InChI is InChI=1S/C72H130O6/c1-4-7-10-13-16-19-22-25-28-30-31-32-33-34-35-36-37-38-39-40-41-42-45-47-50-53-56-59-62-65-71(74)77-68-69(67-76-70(73)64-61-58-55-52-49-46-43-27-24-21-18-15-12-9-6-3)78-72(75)66-63-60-57-54-51-48-44-29-26-23-20-17-14-11-8-5-2/h9,12,18,21,27,29-31,43-44,69H,4-8,10-11,13-17,19-20,22-26,28,32-42,45-68H2,1-3H3/b12-9-,21-18-,31-30-,43-27-,44-29-. The average Bonchev–Trinajstić information content (AvgIpc) is 3.44. The monoisotopic (exact) mass is 1090 g/mol. The Balaban J connectivity index is 4.22. The molecule has 0 saturated carbocycles. The van der Waals surface area contributed by atoms with Gasteiger partial charge in [0.1, 0.15) is 13.2 Å². The van der Waals surface area contributed by atoms with Gasteiger partial charge in [-0.2, -0.15) is 0 Å². The van der Waals surface area contributed by atoms with Gasteiger partial charge >= 0.3 is 17.9 Å². The van der Waals surface area contributed by atoms with Crippen molar-refractivity contribution in [2.24, 2.45) is 0 Å². The van der Waals surface area contributed by atoms with E-state index < -0.39 is 6.10 Å². The predicted molar refractivity (Wildman–Crippen MR) is 339 cm³/mol. The second kappa shape index (κ2) is 66.6. The zero-order valence-electron chi connectivity index (χ0n) is 52.2. The van der Waals surface area contributed by atoms with Crippen LogP contribution < -0.4 is 0 Å². The molecule has 6 heteroatoms. The normalized spacial score (nSPS) is 12.4. The lowest BCUT2D eigenvalue weighted by Crippen LogP contribution is -2.30. The van der Waals surface area contributed by atoms with Crippen molar-refractivity contribution in [1.29, 1.82) is 0 Å². The van der Waals surface area contributed by atoms with Crippen LogP contribution >= 0.6 is 0 Å². The number of carbonyl (C=O) groups is 3. The molecule has 0 aromatic heterocycles. The van der Waals surface area contributed by atoms with Crippen LogP contribution in [0.25, 0.3) is 0 Å². The SMILES string of the molecule is CC/C=C\C/C=C\C/C=C\CCCCCCCC(=O)OCC(COC(=O)CCCCCCCCCCCCCCCCCCC/C=C\CCCCCCCCCC)OC(=O)CCCCCCC/C=C\CCCCCCCCC. The lowest BCUT2D eigenvalue weighted by Gasteiger charge is -2.18. The Bertz CT molecular complexity index is 1390. The van der Waals surface area contributed by atoms with Crippen LogP contribution in [-0.2, 0) is 28.6 Å². The molecule has 1 unspecified atom stereocenters. The highest BCUT2D eigenvalue weighted by Crippen LogP contribution is 2.17. The van der Waals surface area contributed by atoms with Gasteiger partial charge in [0.2, 0.25) is 0 Å². The van der Waals surface area contributed by atoms with Gasteiger partial charge in [-0.25, -0.2) is 0 Å². The van der Waals surface area contributed by atoms with Crippen LogP contribution in [0.15, 0.2) is 60.8 Å². The predicted octanol–water partition coefficient (Wildman–Crippen LogP) is 23.5. The van der Waals surface area contributed by atoms with Crippen molar-refractivity contribution >= 4 is 17.9 Å². The van der Waals surface area contributed by atoms with E-state index in [2.05, 4.69) is 81.5 Å². The molecule has 0 heterocycles. The fourth-order valence-electron chi connectivity index (χ4n) is 10.1. The third-order valence-corrected chi connectivity index (χ3v) is 15.2. The van der Waals surface area contributed by atoms with E-state index in [0.29, 0.717) is 19.3 Å². The van der Waals surface area contributed by atoms with Crippen molar-refractivity contribution in [1.82, 2.24) is 0 Å². The highest BCUT2D eigenvalue weighted by molar-refractivity contribution is 5.71. The number of esters is 3. The third kappa shape index (κ3) is 63.9. The van der Waals surface area contributed by atoms with E-state index in [1.54, 1.807) is 0 Å². The van der Waals surface area contributed by atoms with Crippen LogP contribution in [0.2, 0.25) is 0 Å². The molecule has 0 N–H and O–H groups in total. The first-order chi connectivity index (χ1) is 38.5. The second-order valence-corrected chi connectivity index (χ2v) is 23.1. The summed E-state index contributed by atoms with van der Waals surface area (Å²) in [4.78, 5) is 38.3. The molecule has 0 aliphatic rings. The van der Waals surface area contributed by atoms with E-state index in [1.807, 2.05) is 0 Å². The summed E-state index contributed by atoms with van der Waals surface area (Å²) in [5, 5.41) is 0. The smallest absolute Gasteiger partial charge is 0.306 e. The molecule has 0 aliphatic heterocycles. The van der Waals surface area contributed by atoms with E-state index in [4.69, 9.17) is 14.2 Å². The van der Waals surface area contributed by atoms with E-state index in [1.165, 1.54) is 212 Å². The number of unbranched alkanes of at least 4 members (excludes halogenated alkanes) is 42. The fourth-order valence-corrected chi connectivity index (χ4v) is 10.1. The number of rotatable bonds is 63. The number of hydrogen-bond donors (Lipinski definition) is 0. The molecular weight excluding hydrogens is 961 g/mol. The number of carbonyl (C=O) groups excluding carboxylic acids is 3. The summed E-state index contributed by atoms with van der Waals surface area (Å²) < 4.78 is 16.9. The molecule has 0 fully saturated rings. The lowest BCUT2D eigenvalue weighted by molar-refractivity contribution is -0.167. The quantitative estimate of drug-likeness (QED) is 0.0261. The van der Waals surface area contributed by atoms with Gasteiger partial charge < -0.3 is 14.2 Å². The largest absolute Gasteiger partial charge is 0.462 e. The molecule has 6 nitrogen and oxygen atoms in total. The summed E-state index contributed by atoms with van der Waals surface area (Å²) in [7, 11) is 0. The molecule has 0 rings (SSSR count). The summed E-state index contributed by atoms with van der Waals surface area (Å²) in [6.07, 6.45) is 85.4. The Kier molecular flexibility index (Phi) is 64.2. The summed E-state index contributed by atoms with van der Waals surface area (Å²) in [5.74, 6) is -0.887. The lowest BCUT2D eigenvalue weighted by atomic mass is 10.0. The summed E-state index contributed by atoms with van der Waals surface area (Å²) in [6.45, 7) is 6.55. The second-order valence-electron chi connectivity index (χ2n) is 23.1. The van der Waals surface area contributed by atoms with Crippen molar-refractivity contribution in [3.05, 3.63) is 60.8 Å². The van der Waals surface area contributed by atoms with E-state index >= 15 is 0 Å². The van der Waals surface area contributed by atoms with Crippen LogP contribution in [-0.4, -0.2) is 37.2 Å². The Labute approximate surface area is 485 Å². The van der Waals surface area contributed by atoms with Gasteiger partial charge in [-0.15, -0.1) is 0 Å². The fraction of sp³-hybridized carbons (Fsp3) is 0.819. The molecule has 0 amide bonds. The molecular formula is C72H130O6. The van der Waals surface area contributed by atoms with Crippen molar-refractivity contribution in [3.8, 4) is 0 Å². The van der Waals surface area contributed by atoms with Crippen molar-refractivity contribution in [2.75, 3.05) is 13.2 Å². The number of hydrogen-bond acceptors (Lipinski definition) is 6. The van der Waals surface area contributed by atoms with Crippen LogP contribution in [0.5, 0.6) is 0 Å². The van der Waals surface area contributed by atoms with Gasteiger partial charge in [0.25, 0.3) is 0 Å². The third-order valence-electron chi connectivity index (χ3n) is 15.2. The zero-order chi connectivity index (χ0) is 56.4. The molecule has 0 aliphatic carbocycles. The molecule has 454 valence electrons. The molecule has 0 saturated heterocycles. The van der Waals surface area contributed by atoms with Gasteiger partial charge in [-0.1, -0.05) is 300 Å². The molecule has 1 atom stereocenters. The zero-order valence-corrected chi connectivity index (χ0v) is 52.2. The van der Waals surface area contributed by atoms with Crippen molar-refractivity contribution in [2.45, 2.75) is 367 Å². The molecule has 0 radical (unpaired) electrons. The van der Waals surface area contributed by atoms with Gasteiger partial charge in [0.05, 0.1) is 0 Å². The molecule has 0 spiro atoms. The van der Waals surface area contributed by atoms with Crippen molar-refractivity contribution in [3.63, 3.8) is 0 Å². The maximum absolute atomic E-state index is 12.9. The van der Waals surface area contributed by atoms with Crippen molar-refractivity contribution < 1.29 is 28.6 Å². The minimum atomic E-state index is -0.786. The van der Waals surface area contributed by atoms with Crippen LogP contribution in [0, 0.1) is 0 Å². The Morgan fingerprint density at radius 2 is 0.500 bits per heavy atom. The first-order valence-electron chi connectivity index (χ1n) is 34.3. The average molecular weight is 1090 g/mol. The van der Waals surface area contributed by atoms with Crippen LogP contribution in [0.4, 0.5) is 0 Å². The van der Waals surface area contributed by atoms with Gasteiger partial charge in [-0.3, -0.25) is 14.4 Å². The summed E-state index contributed by atoms with van der Waals surface area (Å²) in [6, 6.07) is 0. The van der Waals surface area contributed by atoms with Crippen LogP contribution in [0.1, 0.15) is 361 Å². The first-order valence-corrected chi connectivity index (χ1v) is 34.3. The molecule has 0 bridgehead atoms. The number of allylic oxidation sites excluding steroid dienone is 10. The topological polar surface area (TPSA) is 78.9 Å². The van der Waals surface area contributed by atoms with Gasteiger partial charge in [-0.05, 0) is 103 Å². The summed E-state index contributed by atoms with van der Waals surface area (Å²) >= 11 is 0. The Hall–Kier alpha value is -2.89. The highest BCUT2D eigenvalue weighted by atomic mass is 16.6. The molecule has 0 aromatic rings. The Morgan fingerprint density at radius 1 is 0.269 bits per heavy atom.